The molecule has 0 saturated carbocycles. The highest BCUT2D eigenvalue weighted by molar-refractivity contribution is 5.91. The van der Waals surface area contributed by atoms with E-state index < -0.39 is 5.41 Å². The lowest BCUT2D eigenvalue weighted by molar-refractivity contribution is 0.485. The van der Waals surface area contributed by atoms with Crippen LogP contribution in [0.5, 0.6) is 0 Å². The Bertz CT molecular complexity index is 1120. The minimum atomic E-state index is -0.504. The summed E-state index contributed by atoms with van der Waals surface area (Å²) in [6, 6.07) is 12.5. The molecule has 1 aromatic carbocycles. The Morgan fingerprint density at radius 1 is 1.14 bits per heavy atom. The summed E-state index contributed by atoms with van der Waals surface area (Å²) in [5, 5.41) is 19.4. The largest absolute Gasteiger partial charge is 0.382 e. The van der Waals surface area contributed by atoms with Gasteiger partial charge in [-0.25, -0.2) is 4.39 Å². The Balaban J connectivity index is 1.50. The molecule has 3 heterocycles. The van der Waals surface area contributed by atoms with Crippen molar-refractivity contribution in [2.75, 3.05) is 17.6 Å². The summed E-state index contributed by atoms with van der Waals surface area (Å²) in [6.07, 6.45) is 1.60. The molecule has 0 atom stereocenters. The molecule has 7 nitrogen and oxygen atoms in total. The van der Waals surface area contributed by atoms with Gasteiger partial charge in [0.25, 0.3) is 0 Å². The van der Waals surface area contributed by atoms with Crippen molar-refractivity contribution in [3.8, 4) is 11.3 Å². The van der Waals surface area contributed by atoms with Gasteiger partial charge in [-0.2, -0.15) is 5.10 Å². The third kappa shape index (κ3) is 3.36. The number of hydrogen-bond donors (Lipinski definition) is 3. The Kier molecular flexibility index (Phi) is 4.38. The van der Waals surface area contributed by atoms with Crippen molar-refractivity contribution >= 4 is 22.5 Å². The number of hydrogen-bond acceptors (Lipinski definition) is 6. The Morgan fingerprint density at radius 3 is 2.75 bits per heavy atom. The van der Waals surface area contributed by atoms with Gasteiger partial charge in [-0.15, -0.1) is 10.2 Å². The standard InChI is InChI=1S/C20H20FN7/c1-20(2,18-14(21)4-3-9-23-18)11-24-17-8-7-15(25-27-17)12-5-6-16-13(10-12)19(22)28-26-16/h3-10H,11H2,1-2H3,(H,24,27)(H3,22,26,28). The number of pyridine rings is 1. The van der Waals surface area contributed by atoms with Crippen LogP contribution in [0, 0.1) is 5.82 Å². The third-order valence-electron chi connectivity index (χ3n) is 4.66. The third-order valence-corrected chi connectivity index (χ3v) is 4.66. The van der Waals surface area contributed by atoms with Crippen LogP contribution in [0.25, 0.3) is 22.2 Å². The van der Waals surface area contributed by atoms with Crippen molar-refractivity contribution in [3.63, 3.8) is 0 Å². The van der Waals surface area contributed by atoms with E-state index in [1.807, 2.05) is 44.2 Å². The number of nitrogens with two attached hydrogens (primary N) is 1. The first-order chi connectivity index (χ1) is 13.4. The van der Waals surface area contributed by atoms with E-state index in [4.69, 9.17) is 5.73 Å². The van der Waals surface area contributed by atoms with Gasteiger partial charge < -0.3 is 11.1 Å². The predicted molar refractivity (Wildman–Crippen MR) is 107 cm³/mol. The number of fused-ring (bicyclic) bond motifs is 1. The molecule has 0 spiro atoms. The highest BCUT2D eigenvalue weighted by atomic mass is 19.1. The lowest BCUT2D eigenvalue weighted by Gasteiger charge is -2.24. The van der Waals surface area contributed by atoms with E-state index in [2.05, 4.69) is 30.7 Å². The number of halogens is 1. The zero-order valence-corrected chi connectivity index (χ0v) is 15.6. The molecule has 4 N–H and O–H groups in total. The maximum absolute atomic E-state index is 14.0. The summed E-state index contributed by atoms with van der Waals surface area (Å²) in [5.74, 6) is 0.744. The number of H-pyrrole nitrogens is 1. The number of nitrogens with zero attached hydrogens (tertiary/aromatic N) is 4. The summed E-state index contributed by atoms with van der Waals surface area (Å²) < 4.78 is 14.0. The van der Waals surface area contributed by atoms with Crippen LogP contribution in [0.1, 0.15) is 19.5 Å². The second kappa shape index (κ2) is 6.88. The van der Waals surface area contributed by atoms with E-state index in [1.165, 1.54) is 6.07 Å². The molecular formula is C20H20FN7. The number of benzene rings is 1. The van der Waals surface area contributed by atoms with Crippen LogP contribution in [-0.4, -0.2) is 31.9 Å². The van der Waals surface area contributed by atoms with E-state index in [0.29, 0.717) is 23.9 Å². The van der Waals surface area contributed by atoms with Crippen molar-refractivity contribution < 1.29 is 4.39 Å². The predicted octanol–water partition coefficient (Wildman–Crippen LogP) is 3.53. The molecular weight excluding hydrogens is 357 g/mol. The molecule has 28 heavy (non-hydrogen) atoms. The maximum atomic E-state index is 14.0. The van der Waals surface area contributed by atoms with Crippen molar-refractivity contribution in [1.82, 2.24) is 25.4 Å². The van der Waals surface area contributed by atoms with E-state index in [1.54, 1.807) is 12.3 Å². The van der Waals surface area contributed by atoms with Gasteiger partial charge in [-0.3, -0.25) is 10.1 Å². The Labute approximate surface area is 161 Å². The number of aromatic nitrogens is 5. The Hall–Kier alpha value is -3.55. The molecule has 0 aliphatic carbocycles. The summed E-state index contributed by atoms with van der Waals surface area (Å²) in [6.45, 7) is 4.32. The minimum absolute atomic E-state index is 0.315. The van der Waals surface area contributed by atoms with Crippen LogP contribution in [0.15, 0.2) is 48.7 Å². The van der Waals surface area contributed by atoms with Gasteiger partial charge in [-0.1, -0.05) is 19.9 Å². The second-order valence-electron chi connectivity index (χ2n) is 7.24. The quantitative estimate of drug-likeness (QED) is 0.491. The van der Waals surface area contributed by atoms with Crippen molar-refractivity contribution in [1.29, 1.82) is 0 Å². The molecule has 8 heteroatoms. The van der Waals surface area contributed by atoms with Crippen molar-refractivity contribution in [2.24, 2.45) is 0 Å². The number of aromatic amines is 1. The van der Waals surface area contributed by atoms with E-state index >= 15 is 0 Å². The summed E-state index contributed by atoms with van der Waals surface area (Å²) in [7, 11) is 0. The van der Waals surface area contributed by atoms with Gasteiger partial charge in [0.1, 0.15) is 11.6 Å². The summed E-state index contributed by atoms with van der Waals surface area (Å²) in [5.41, 5.74) is 8.27. The average molecular weight is 377 g/mol. The molecule has 142 valence electrons. The molecule has 0 fully saturated rings. The van der Waals surface area contributed by atoms with Crippen LogP contribution in [-0.2, 0) is 5.41 Å². The fourth-order valence-electron chi connectivity index (χ4n) is 3.05. The smallest absolute Gasteiger partial charge is 0.153 e. The van der Waals surface area contributed by atoms with Gasteiger partial charge in [0.05, 0.1) is 16.9 Å². The van der Waals surface area contributed by atoms with Crippen LogP contribution >= 0.6 is 0 Å². The van der Waals surface area contributed by atoms with Crippen LogP contribution < -0.4 is 11.1 Å². The van der Waals surface area contributed by atoms with Gasteiger partial charge in [0, 0.05) is 29.1 Å². The molecule has 3 aromatic heterocycles. The molecule has 0 unspecified atom stereocenters. The number of anilines is 2. The van der Waals surface area contributed by atoms with Crippen LogP contribution in [0.3, 0.4) is 0 Å². The molecule has 0 saturated heterocycles. The monoisotopic (exact) mass is 377 g/mol. The molecule has 0 aliphatic heterocycles. The highest BCUT2D eigenvalue weighted by Gasteiger charge is 2.25. The zero-order valence-electron chi connectivity index (χ0n) is 15.6. The normalized spacial score (nSPS) is 11.7. The zero-order chi connectivity index (χ0) is 19.7. The maximum Gasteiger partial charge on any atom is 0.153 e. The molecule has 0 radical (unpaired) electrons. The summed E-state index contributed by atoms with van der Waals surface area (Å²) in [4.78, 5) is 4.17. The lowest BCUT2D eigenvalue weighted by Crippen LogP contribution is -2.30. The number of rotatable bonds is 5. The lowest BCUT2D eigenvalue weighted by atomic mass is 9.88. The number of nitrogen functional groups attached to an aromatic ring is 1. The molecule has 4 aromatic rings. The van der Waals surface area contributed by atoms with Crippen LogP contribution in [0.4, 0.5) is 16.0 Å². The molecule has 0 aliphatic rings. The minimum Gasteiger partial charge on any atom is -0.382 e. The first kappa shape index (κ1) is 17.8. The highest BCUT2D eigenvalue weighted by Crippen LogP contribution is 2.26. The molecule has 4 rings (SSSR count). The van der Waals surface area contributed by atoms with Gasteiger partial charge >= 0.3 is 0 Å². The fraction of sp³-hybridized carbons (Fsp3) is 0.200. The van der Waals surface area contributed by atoms with Crippen LogP contribution in [0.2, 0.25) is 0 Å². The first-order valence-electron chi connectivity index (χ1n) is 8.87. The fourth-order valence-corrected chi connectivity index (χ4v) is 3.05. The van der Waals surface area contributed by atoms with Gasteiger partial charge in [0.2, 0.25) is 0 Å². The molecule has 0 amide bonds. The van der Waals surface area contributed by atoms with E-state index in [0.717, 1.165) is 22.2 Å². The average Bonchev–Trinajstić information content (AvgIpc) is 3.07. The molecule has 0 bridgehead atoms. The summed E-state index contributed by atoms with van der Waals surface area (Å²) >= 11 is 0. The first-order valence-corrected chi connectivity index (χ1v) is 8.87. The van der Waals surface area contributed by atoms with E-state index in [-0.39, 0.29) is 5.82 Å². The van der Waals surface area contributed by atoms with Crippen molar-refractivity contribution in [3.05, 3.63) is 60.2 Å². The van der Waals surface area contributed by atoms with Crippen molar-refractivity contribution in [2.45, 2.75) is 19.3 Å². The van der Waals surface area contributed by atoms with E-state index in [9.17, 15) is 4.39 Å². The second-order valence-corrected chi connectivity index (χ2v) is 7.24. The van der Waals surface area contributed by atoms with Gasteiger partial charge in [-0.05, 0) is 36.4 Å². The van der Waals surface area contributed by atoms with Gasteiger partial charge in [0.15, 0.2) is 5.82 Å². The SMILES string of the molecule is CC(C)(CNc1ccc(-c2ccc3[nH]nc(N)c3c2)nn1)c1ncccc1F. The topological polar surface area (TPSA) is 105 Å². The number of nitrogens with one attached hydrogen (secondary N) is 2. The Morgan fingerprint density at radius 2 is 2.00 bits per heavy atom.